The van der Waals surface area contributed by atoms with Crippen LogP contribution in [0.15, 0.2) is 36.4 Å². The molecular formula is C11H13F2Ti-. The van der Waals surface area contributed by atoms with Gasteiger partial charge in [-0.25, -0.2) is 0 Å². The van der Waals surface area contributed by atoms with E-state index in [2.05, 4.69) is 43.3 Å². The van der Waals surface area contributed by atoms with E-state index in [0.717, 1.165) is 6.42 Å². The van der Waals surface area contributed by atoms with Gasteiger partial charge in [-0.2, -0.15) is 6.07 Å². The summed E-state index contributed by atoms with van der Waals surface area (Å²) in [5.41, 5.74) is 1.46. The summed E-state index contributed by atoms with van der Waals surface area (Å²) < 4.78 is 0. The zero-order chi connectivity index (χ0) is 7.68. The summed E-state index contributed by atoms with van der Waals surface area (Å²) >= 11 is 0. The second kappa shape index (κ2) is 6.80. The van der Waals surface area contributed by atoms with Gasteiger partial charge in [0.15, 0.2) is 0 Å². The van der Waals surface area contributed by atoms with Crippen molar-refractivity contribution < 1.29 is 31.1 Å². The molecule has 0 amide bonds. The first-order valence-electron chi connectivity index (χ1n) is 4.05. The second-order valence-electron chi connectivity index (χ2n) is 2.80. The predicted molar refractivity (Wildman–Crippen MR) is 53.9 cm³/mol. The minimum absolute atomic E-state index is 0. The third-order valence-corrected chi connectivity index (χ3v) is 2.15. The SMILES string of the molecule is CC[c-]1ccc2ccccc21.F.F.[Ti]. The molecule has 0 aliphatic rings. The molecular weight excluding hydrogens is 218 g/mol. The fourth-order valence-corrected chi connectivity index (χ4v) is 1.52. The molecule has 0 unspecified atom stereocenters. The minimum Gasteiger partial charge on any atom is -0.269 e. The average Bonchev–Trinajstić information content (AvgIpc) is 2.47. The summed E-state index contributed by atoms with van der Waals surface area (Å²) in [6.45, 7) is 2.20. The van der Waals surface area contributed by atoms with Crippen molar-refractivity contribution in [3.63, 3.8) is 0 Å². The van der Waals surface area contributed by atoms with E-state index in [1.807, 2.05) is 0 Å². The quantitative estimate of drug-likeness (QED) is 0.521. The topological polar surface area (TPSA) is 0 Å². The fourth-order valence-electron chi connectivity index (χ4n) is 1.52. The molecule has 2 aromatic carbocycles. The zero-order valence-electron chi connectivity index (χ0n) is 7.99. The van der Waals surface area contributed by atoms with Crippen LogP contribution in [-0.4, -0.2) is 0 Å². The summed E-state index contributed by atoms with van der Waals surface area (Å²) in [7, 11) is 0. The molecule has 0 aliphatic carbocycles. The Bertz CT molecular complexity index is 368. The van der Waals surface area contributed by atoms with Gasteiger partial charge in [0.25, 0.3) is 0 Å². The van der Waals surface area contributed by atoms with E-state index in [-0.39, 0.29) is 31.1 Å². The molecule has 0 nitrogen and oxygen atoms in total. The van der Waals surface area contributed by atoms with Gasteiger partial charge in [0.2, 0.25) is 0 Å². The normalized spacial score (nSPS) is 8.36. The summed E-state index contributed by atoms with van der Waals surface area (Å²) in [4.78, 5) is 0. The van der Waals surface area contributed by atoms with E-state index in [1.165, 1.54) is 16.3 Å². The molecule has 0 bridgehead atoms. The predicted octanol–water partition coefficient (Wildman–Crippen LogP) is 3.42. The zero-order valence-corrected chi connectivity index (χ0v) is 9.55. The summed E-state index contributed by atoms with van der Waals surface area (Å²) in [6, 6.07) is 12.9. The number of rotatable bonds is 1. The number of fused-ring (bicyclic) bond motifs is 1. The molecule has 0 spiro atoms. The molecule has 0 saturated carbocycles. The summed E-state index contributed by atoms with van der Waals surface area (Å²) in [5.74, 6) is 0. The van der Waals surface area contributed by atoms with E-state index < -0.39 is 0 Å². The van der Waals surface area contributed by atoms with Crippen molar-refractivity contribution in [1.29, 1.82) is 0 Å². The molecule has 0 fully saturated rings. The molecule has 14 heavy (non-hydrogen) atoms. The summed E-state index contributed by atoms with van der Waals surface area (Å²) in [5, 5.41) is 2.78. The number of aryl methyl sites for hydroxylation is 1. The van der Waals surface area contributed by atoms with Crippen molar-refractivity contribution in [3.05, 3.63) is 42.0 Å². The first kappa shape index (κ1) is 15.9. The Kier molecular flexibility index (Phi) is 7.70. The Morgan fingerprint density at radius 3 is 2.36 bits per heavy atom. The fraction of sp³-hybridized carbons (Fsp3) is 0.182. The van der Waals surface area contributed by atoms with Crippen LogP contribution in [0.5, 0.6) is 0 Å². The minimum atomic E-state index is 0. The van der Waals surface area contributed by atoms with Crippen LogP contribution in [-0.2, 0) is 28.1 Å². The Morgan fingerprint density at radius 2 is 1.71 bits per heavy atom. The first-order chi connectivity index (χ1) is 5.42. The van der Waals surface area contributed by atoms with Crippen molar-refractivity contribution in [3.8, 4) is 0 Å². The number of hydrogen-bond acceptors (Lipinski definition) is 0. The van der Waals surface area contributed by atoms with Crippen molar-refractivity contribution >= 4 is 10.8 Å². The molecule has 2 aromatic rings. The van der Waals surface area contributed by atoms with Crippen LogP contribution >= 0.6 is 0 Å². The molecule has 3 heteroatoms. The third kappa shape index (κ3) is 2.69. The van der Waals surface area contributed by atoms with Crippen LogP contribution in [0.1, 0.15) is 12.5 Å². The maximum Gasteiger partial charge on any atom is 0 e. The van der Waals surface area contributed by atoms with Crippen molar-refractivity contribution in [1.82, 2.24) is 0 Å². The third-order valence-electron chi connectivity index (χ3n) is 2.15. The Balaban J connectivity index is 0. The van der Waals surface area contributed by atoms with Gasteiger partial charge in [0, 0.05) is 21.7 Å². The van der Waals surface area contributed by atoms with E-state index >= 15 is 0 Å². The van der Waals surface area contributed by atoms with Crippen molar-refractivity contribution in [2.24, 2.45) is 0 Å². The molecule has 0 radical (unpaired) electrons. The van der Waals surface area contributed by atoms with Gasteiger partial charge in [-0.3, -0.25) is 9.41 Å². The number of benzene rings is 1. The van der Waals surface area contributed by atoms with Crippen molar-refractivity contribution in [2.75, 3.05) is 0 Å². The van der Waals surface area contributed by atoms with Crippen LogP contribution in [0.3, 0.4) is 0 Å². The molecule has 0 aromatic heterocycles. The standard InChI is InChI=1S/C11H11.2FH.Ti/c1-2-9-7-8-10-5-3-4-6-11(9)10;;;/h3-8H,2H2,1H3;2*1H;/q-1;;;. The van der Waals surface area contributed by atoms with Gasteiger partial charge in [-0.15, -0.1) is 40.6 Å². The Morgan fingerprint density at radius 1 is 1.07 bits per heavy atom. The van der Waals surface area contributed by atoms with Gasteiger partial charge in [-0.1, -0.05) is 19.4 Å². The van der Waals surface area contributed by atoms with Crippen LogP contribution < -0.4 is 0 Å². The van der Waals surface area contributed by atoms with Gasteiger partial charge in [0.05, 0.1) is 0 Å². The molecule has 0 aliphatic heterocycles. The largest absolute Gasteiger partial charge is 0.269 e. The molecule has 0 saturated heterocycles. The van der Waals surface area contributed by atoms with E-state index in [0.29, 0.717) is 0 Å². The van der Waals surface area contributed by atoms with Crippen molar-refractivity contribution in [2.45, 2.75) is 13.3 Å². The molecule has 76 valence electrons. The average molecular weight is 231 g/mol. The van der Waals surface area contributed by atoms with Crippen LogP contribution in [0.4, 0.5) is 9.41 Å². The maximum absolute atomic E-state index is 2.21. The van der Waals surface area contributed by atoms with E-state index in [1.54, 1.807) is 0 Å². The second-order valence-corrected chi connectivity index (χ2v) is 2.80. The monoisotopic (exact) mass is 231 g/mol. The molecule has 0 atom stereocenters. The smallest absolute Gasteiger partial charge is 0 e. The van der Waals surface area contributed by atoms with E-state index in [4.69, 9.17) is 0 Å². The van der Waals surface area contributed by atoms with Gasteiger partial charge in [-0.05, 0) is 0 Å². The summed E-state index contributed by atoms with van der Waals surface area (Å²) in [6.07, 6.45) is 1.13. The van der Waals surface area contributed by atoms with Crippen LogP contribution in [0.25, 0.3) is 10.8 Å². The Hall–Kier alpha value is -0.596. The van der Waals surface area contributed by atoms with Crippen LogP contribution in [0, 0.1) is 0 Å². The van der Waals surface area contributed by atoms with E-state index in [9.17, 15) is 0 Å². The number of hydrogen-bond donors (Lipinski definition) is 0. The van der Waals surface area contributed by atoms with Gasteiger partial charge >= 0.3 is 0 Å². The molecule has 2 rings (SSSR count). The van der Waals surface area contributed by atoms with Gasteiger partial charge in [0.1, 0.15) is 0 Å². The first-order valence-corrected chi connectivity index (χ1v) is 4.05. The van der Waals surface area contributed by atoms with Gasteiger partial charge < -0.3 is 0 Å². The molecule has 0 N–H and O–H groups in total. The molecule has 0 heterocycles. The number of halogens is 2. The Labute approximate surface area is 97.3 Å². The van der Waals surface area contributed by atoms with Crippen LogP contribution in [0.2, 0.25) is 0 Å². The maximum atomic E-state index is 2.21.